The minimum atomic E-state index is -0.526. The highest BCUT2D eigenvalue weighted by Crippen LogP contribution is 2.28. The number of rotatable bonds is 6. The highest BCUT2D eigenvalue weighted by Gasteiger charge is 2.22. The van der Waals surface area contributed by atoms with Gasteiger partial charge in [0.15, 0.2) is 11.5 Å². The monoisotopic (exact) mass is 387 g/mol. The van der Waals surface area contributed by atoms with Gasteiger partial charge in [-0.25, -0.2) is 0 Å². The smallest absolute Gasteiger partial charge is 0.270 e. The molecule has 3 rings (SSSR count). The van der Waals surface area contributed by atoms with Crippen molar-refractivity contribution in [2.24, 2.45) is 0 Å². The van der Waals surface area contributed by atoms with Crippen molar-refractivity contribution in [3.63, 3.8) is 0 Å². The molecule has 148 valence electrons. The van der Waals surface area contributed by atoms with Crippen molar-refractivity contribution in [1.82, 2.24) is 5.32 Å². The second kappa shape index (κ2) is 8.57. The van der Waals surface area contributed by atoms with Crippen LogP contribution in [0, 0.1) is 10.1 Å². The van der Waals surface area contributed by atoms with E-state index in [9.17, 15) is 20.0 Å². The van der Waals surface area contributed by atoms with Gasteiger partial charge in [0.05, 0.1) is 36.5 Å². The number of carbonyl (C=O) groups is 1. The van der Waals surface area contributed by atoms with Crippen LogP contribution in [0.25, 0.3) is 0 Å². The molecule has 0 radical (unpaired) electrons. The van der Waals surface area contributed by atoms with Crippen LogP contribution in [0.4, 0.5) is 11.4 Å². The van der Waals surface area contributed by atoms with Gasteiger partial charge in [0, 0.05) is 31.8 Å². The van der Waals surface area contributed by atoms with Gasteiger partial charge in [-0.3, -0.25) is 14.9 Å². The average Bonchev–Trinajstić information content (AvgIpc) is 2.72. The van der Waals surface area contributed by atoms with Crippen molar-refractivity contribution in [3.05, 3.63) is 57.6 Å². The summed E-state index contributed by atoms with van der Waals surface area (Å²) in [5.74, 6) is -0.123. The molecule has 2 aromatic rings. The van der Waals surface area contributed by atoms with E-state index in [1.54, 1.807) is 18.2 Å². The number of phenolic OH excluding ortho intramolecular Hbond substituents is 1. The van der Waals surface area contributed by atoms with Gasteiger partial charge < -0.3 is 24.8 Å². The lowest BCUT2D eigenvalue weighted by Gasteiger charge is -2.30. The summed E-state index contributed by atoms with van der Waals surface area (Å²) in [7, 11) is 1.45. The molecule has 2 N–H and O–H groups in total. The molecule has 1 aliphatic heterocycles. The van der Waals surface area contributed by atoms with Crippen LogP contribution >= 0.6 is 0 Å². The maximum Gasteiger partial charge on any atom is 0.270 e. The number of nitro groups is 1. The van der Waals surface area contributed by atoms with Gasteiger partial charge in [0.25, 0.3) is 11.6 Å². The summed E-state index contributed by atoms with van der Waals surface area (Å²) in [6.45, 7) is 2.42. The number of amides is 1. The predicted molar refractivity (Wildman–Crippen MR) is 102 cm³/mol. The minimum Gasteiger partial charge on any atom is -0.504 e. The Morgan fingerprint density at radius 2 is 2.04 bits per heavy atom. The first-order chi connectivity index (χ1) is 13.5. The largest absolute Gasteiger partial charge is 0.504 e. The summed E-state index contributed by atoms with van der Waals surface area (Å²) in [5, 5.41) is 23.7. The van der Waals surface area contributed by atoms with Gasteiger partial charge in [-0.15, -0.1) is 0 Å². The van der Waals surface area contributed by atoms with Gasteiger partial charge in [-0.2, -0.15) is 0 Å². The Labute approximate surface area is 161 Å². The lowest BCUT2D eigenvalue weighted by atomic mass is 10.1. The second-order valence-corrected chi connectivity index (χ2v) is 6.25. The molecule has 0 aliphatic carbocycles. The number of hydrogen-bond donors (Lipinski definition) is 2. The maximum atomic E-state index is 12.8. The van der Waals surface area contributed by atoms with E-state index in [0.29, 0.717) is 43.3 Å². The van der Waals surface area contributed by atoms with Gasteiger partial charge in [-0.1, -0.05) is 6.07 Å². The fourth-order valence-electron chi connectivity index (χ4n) is 3.02. The molecule has 0 saturated carbocycles. The normalized spacial score (nSPS) is 13.8. The highest BCUT2D eigenvalue weighted by atomic mass is 16.6. The number of nitrogens with zero attached hydrogens (tertiary/aromatic N) is 2. The lowest BCUT2D eigenvalue weighted by Crippen LogP contribution is -2.38. The van der Waals surface area contributed by atoms with E-state index in [2.05, 4.69) is 5.32 Å². The first-order valence-corrected chi connectivity index (χ1v) is 8.75. The minimum absolute atomic E-state index is 0.0291. The number of benzene rings is 2. The van der Waals surface area contributed by atoms with Crippen LogP contribution in [0.5, 0.6) is 11.5 Å². The third kappa shape index (κ3) is 4.32. The number of carbonyl (C=O) groups excluding carboxylic acids is 1. The molecule has 0 aromatic heterocycles. The topological polar surface area (TPSA) is 114 Å². The Bertz CT molecular complexity index is 880. The Morgan fingerprint density at radius 3 is 2.68 bits per heavy atom. The van der Waals surface area contributed by atoms with Crippen molar-refractivity contribution in [3.8, 4) is 11.5 Å². The molecule has 0 spiro atoms. The number of non-ortho nitro benzene ring substituents is 1. The number of aromatic hydroxyl groups is 1. The second-order valence-electron chi connectivity index (χ2n) is 6.25. The Hall–Kier alpha value is -3.33. The summed E-state index contributed by atoms with van der Waals surface area (Å²) < 4.78 is 10.3. The van der Waals surface area contributed by atoms with E-state index in [0.717, 1.165) is 0 Å². The molecule has 28 heavy (non-hydrogen) atoms. The van der Waals surface area contributed by atoms with Crippen LogP contribution in [-0.4, -0.2) is 49.4 Å². The number of methoxy groups -OCH3 is 1. The standard InChI is InChI=1S/C19H21N3O6/c1-27-18-5-2-13(10-17(18)23)12-20-19(24)15-11-14(22(25)26)3-4-16(15)21-6-8-28-9-7-21/h2-5,10-11,23H,6-9,12H2,1H3,(H,20,24). The third-order valence-corrected chi connectivity index (χ3v) is 4.48. The summed E-state index contributed by atoms with van der Waals surface area (Å²) in [6, 6.07) is 9.08. The number of nitrogens with one attached hydrogen (secondary N) is 1. The fraction of sp³-hybridized carbons (Fsp3) is 0.316. The Morgan fingerprint density at radius 1 is 1.29 bits per heavy atom. The zero-order valence-corrected chi connectivity index (χ0v) is 15.4. The first kappa shape index (κ1) is 19.4. The van der Waals surface area contributed by atoms with Crippen molar-refractivity contribution in [2.75, 3.05) is 38.3 Å². The van der Waals surface area contributed by atoms with E-state index in [-0.39, 0.29) is 23.5 Å². The Kier molecular flexibility index (Phi) is 5.95. The van der Waals surface area contributed by atoms with Crippen molar-refractivity contribution in [2.45, 2.75) is 6.54 Å². The van der Waals surface area contributed by atoms with Crippen molar-refractivity contribution < 1.29 is 24.3 Å². The molecular weight excluding hydrogens is 366 g/mol. The molecule has 1 aliphatic rings. The SMILES string of the molecule is COc1ccc(CNC(=O)c2cc([N+](=O)[O-])ccc2N2CCOCC2)cc1O. The fourth-order valence-corrected chi connectivity index (χ4v) is 3.02. The van der Waals surface area contributed by atoms with Crippen molar-refractivity contribution in [1.29, 1.82) is 0 Å². The average molecular weight is 387 g/mol. The molecular formula is C19H21N3O6. The lowest BCUT2D eigenvalue weighted by molar-refractivity contribution is -0.384. The number of phenols is 1. The number of anilines is 1. The molecule has 0 unspecified atom stereocenters. The number of hydrogen-bond acceptors (Lipinski definition) is 7. The molecule has 2 aromatic carbocycles. The number of ether oxygens (including phenoxy) is 2. The molecule has 9 heteroatoms. The zero-order chi connectivity index (χ0) is 20.1. The molecule has 1 saturated heterocycles. The van der Waals surface area contributed by atoms with Gasteiger partial charge >= 0.3 is 0 Å². The Balaban J connectivity index is 1.81. The quantitative estimate of drug-likeness (QED) is 0.576. The van der Waals surface area contributed by atoms with Gasteiger partial charge in [0.2, 0.25) is 0 Å². The van der Waals surface area contributed by atoms with E-state index in [1.807, 2.05) is 4.90 Å². The molecule has 1 amide bonds. The summed E-state index contributed by atoms with van der Waals surface area (Å²) >= 11 is 0. The van der Waals surface area contributed by atoms with Gasteiger partial charge in [-0.05, 0) is 23.8 Å². The highest BCUT2D eigenvalue weighted by molar-refractivity contribution is 6.00. The van der Waals surface area contributed by atoms with E-state index in [4.69, 9.17) is 9.47 Å². The molecule has 1 fully saturated rings. The molecule has 9 nitrogen and oxygen atoms in total. The van der Waals surface area contributed by atoms with Crippen LogP contribution < -0.4 is 15.0 Å². The molecule has 1 heterocycles. The van der Waals surface area contributed by atoms with E-state index < -0.39 is 10.8 Å². The van der Waals surface area contributed by atoms with Crippen LogP contribution in [0.3, 0.4) is 0 Å². The predicted octanol–water partition coefficient (Wildman–Crippen LogP) is 2.08. The maximum absolute atomic E-state index is 12.8. The molecule has 0 bridgehead atoms. The van der Waals surface area contributed by atoms with Crippen LogP contribution in [0.15, 0.2) is 36.4 Å². The first-order valence-electron chi connectivity index (χ1n) is 8.75. The van der Waals surface area contributed by atoms with Crippen molar-refractivity contribution >= 4 is 17.3 Å². The van der Waals surface area contributed by atoms with Crippen LogP contribution in [-0.2, 0) is 11.3 Å². The third-order valence-electron chi connectivity index (χ3n) is 4.48. The summed E-state index contributed by atoms with van der Waals surface area (Å²) in [5.41, 5.74) is 1.38. The van der Waals surface area contributed by atoms with Gasteiger partial charge in [0.1, 0.15) is 0 Å². The van der Waals surface area contributed by atoms with E-state index >= 15 is 0 Å². The summed E-state index contributed by atoms with van der Waals surface area (Å²) in [6.07, 6.45) is 0. The molecule has 0 atom stereocenters. The summed E-state index contributed by atoms with van der Waals surface area (Å²) in [4.78, 5) is 25.4. The zero-order valence-electron chi connectivity index (χ0n) is 15.4. The number of morpholine rings is 1. The number of nitro benzene ring substituents is 1. The van der Waals surface area contributed by atoms with Crippen LogP contribution in [0.2, 0.25) is 0 Å². The van der Waals surface area contributed by atoms with E-state index in [1.165, 1.54) is 25.3 Å². The van der Waals surface area contributed by atoms with Crippen LogP contribution in [0.1, 0.15) is 15.9 Å².